The van der Waals surface area contributed by atoms with Gasteiger partial charge < -0.3 is 19.9 Å². The molecule has 1 fully saturated rings. The standard InChI is InChI=1S/C28H29Cl2N3O3/c1-3-20-4-6-21(7-5-20)28(35)33-14-12-32(13-15-33)24-10-8-23(9-11-24)31-26(34)18-36-27-19(2)16-22(29)17-25(27)30/h4-11,16-17H,3,12-15,18H2,1-2H3,(H,31,34). The molecule has 1 saturated heterocycles. The van der Waals surface area contributed by atoms with E-state index in [-0.39, 0.29) is 18.4 Å². The van der Waals surface area contributed by atoms with Crippen molar-refractivity contribution in [2.45, 2.75) is 20.3 Å². The number of benzene rings is 3. The zero-order valence-electron chi connectivity index (χ0n) is 20.4. The van der Waals surface area contributed by atoms with Crippen LogP contribution in [0.15, 0.2) is 60.7 Å². The van der Waals surface area contributed by atoms with Crippen LogP contribution < -0.4 is 15.0 Å². The van der Waals surface area contributed by atoms with E-state index >= 15 is 0 Å². The van der Waals surface area contributed by atoms with Gasteiger partial charge in [0, 0.05) is 48.1 Å². The fourth-order valence-corrected chi connectivity index (χ4v) is 4.85. The molecule has 4 rings (SSSR count). The maximum Gasteiger partial charge on any atom is 0.262 e. The lowest BCUT2D eigenvalue weighted by Gasteiger charge is -2.36. The third-order valence-electron chi connectivity index (χ3n) is 6.23. The molecular weight excluding hydrogens is 497 g/mol. The number of rotatable bonds is 7. The zero-order chi connectivity index (χ0) is 25.7. The second kappa shape index (κ2) is 11.7. The van der Waals surface area contributed by atoms with Gasteiger partial charge >= 0.3 is 0 Å². The summed E-state index contributed by atoms with van der Waals surface area (Å²) in [6, 6.07) is 18.8. The number of anilines is 2. The monoisotopic (exact) mass is 525 g/mol. The second-order valence-corrected chi connectivity index (χ2v) is 9.59. The van der Waals surface area contributed by atoms with Gasteiger partial charge in [0.2, 0.25) is 0 Å². The molecule has 0 radical (unpaired) electrons. The number of nitrogens with one attached hydrogen (secondary N) is 1. The molecule has 3 aromatic carbocycles. The van der Waals surface area contributed by atoms with Crippen LogP contribution in [0.25, 0.3) is 0 Å². The van der Waals surface area contributed by atoms with Crippen molar-refractivity contribution in [1.82, 2.24) is 4.90 Å². The first-order valence-corrected chi connectivity index (χ1v) is 12.7. The van der Waals surface area contributed by atoms with Crippen LogP contribution in [-0.4, -0.2) is 49.5 Å². The summed E-state index contributed by atoms with van der Waals surface area (Å²) in [5.41, 5.74) is 4.45. The van der Waals surface area contributed by atoms with E-state index < -0.39 is 0 Å². The molecule has 1 aliphatic heterocycles. The van der Waals surface area contributed by atoms with Crippen molar-refractivity contribution in [2.24, 2.45) is 0 Å². The van der Waals surface area contributed by atoms with Crippen LogP contribution in [0.5, 0.6) is 5.75 Å². The van der Waals surface area contributed by atoms with Gasteiger partial charge in [-0.25, -0.2) is 0 Å². The molecule has 1 heterocycles. The summed E-state index contributed by atoms with van der Waals surface area (Å²) in [5.74, 6) is 0.238. The highest BCUT2D eigenvalue weighted by molar-refractivity contribution is 6.35. The van der Waals surface area contributed by atoms with Crippen LogP contribution in [-0.2, 0) is 11.2 Å². The smallest absolute Gasteiger partial charge is 0.262 e. The molecule has 36 heavy (non-hydrogen) atoms. The summed E-state index contributed by atoms with van der Waals surface area (Å²) in [6.07, 6.45) is 0.960. The fourth-order valence-electron chi connectivity index (χ4n) is 4.20. The van der Waals surface area contributed by atoms with Crippen molar-refractivity contribution in [1.29, 1.82) is 0 Å². The Hall–Kier alpha value is -3.22. The van der Waals surface area contributed by atoms with Crippen LogP contribution in [0.4, 0.5) is 11.4 Å². The van der Waals surface area contributed by atoms with Crippen LogP contribution in [0.3, 0.4) is 0 Å². The number of nitrogens with zero attached hydrogens (tertiary/aromatic N) is 2. The molecule has 1 N–H and O–H groups in total. The molecule has 0 aromatic heterocycles. The number of hydrogen-bond acceptors (Lipinski definition) is 4. The fraction of sp³-hybridized carbons (Fsp3) is 0.286. The Morgan fingerprint density at radius 1 is 0.944 bits per heavy atom. The van der Waals surface area contributed by atoms with Crippen LogP contribution in [0, 0.1) is 6.92 Å². The Morgan fingerprint density at radius 3 is 2.22 bits per heavy atom. The topological polar surface area (TPSA) is 61.9 Å². The molecule has 188 valence electrons. The van der Waals surface area contributed by atoms with E-state index in [1.165, 1.54) is 5.56 Å². The number of carbonyl (C=O) groups excluding carboxylic acids is 2. The Bertz CT molecular complexity index is 1200. The number of aryl methyl sites for hydroxylation is 2. The number of halogens is 2. The molecular formula is C28H29Cl2N3O3. The SMILES string of the molecule is CCc1ccc(C(=O)N2CCN(c3ccc(NC(=O)COc4c(C)cc(Cl)cc4Cl)cc3)CC2)cc1. The normalized spacial score (nSPS) is 13.4. The quantitative estimate of drug-likeness (QED) is 0.420. The van der Waals surface area contributed by atoms with Gasteiger partial charge in [-0.2, -0.15) is 0 Å². The molecule has 0 aliphatic carbocycles. The minimum atomic E-state index is -0.285. The first-order valence-electron chi connectivity index (χ1n) is 12.0. The van der Waals surface area contributed by atoms with E-state index in [2.05, 4.69) is 17.1 Å². The number of piperazine rings is 1. The van der Waals surface area contributed by atoms with Gasteiger partial charge in [0.25, 0.3) is 11.8 Å². The van der Waals surface area contributed by atoms with Gasteiger partial charge in [0.1, 0.15) is 5.75 Å². The number of ether oxygens (including phenoxy) is 1. The van der Waals surface area contributed by atoms with Gasteiger partial charge in [-0.15, -0.1) is 0 Å². The van der Waals surface area contributed by atoms with Gasteiger partial charge in [0.05, 0.1) is 5.02 Å². The lowest BCUT2D eigenvalue weighted by molar-refractivity contribution is -0.118. The molecule has 2 amide bonds. The minimum Gasteiger partial charge on any atom is -0.482 e. The molecule has 0 unspecified atom stereocenters. The highest BCUT2D eigenvalue weighted by Gasteiger charge is 2.22. The van der Waals surface area contributed by atoms with E-state index in [0.717, 1.165) is 36.3 Å². The summed E-state index contributed by atoms with van der Waals surface area (Å²) in [6.45, 7) is 6.59. The summed E-state index contributed by atoms with van der Waals surface area (Å²) in [7, 11) is 0. The second-order valence-electron chi connectivity index (χ2n) is 8.75. The van der Waals surface area contributed by atoms with Gasteiger partial charge in [-0.1, -0.05) is 42.3 Å². The van der Waals surface area contributed by atoms with Gasteiger partial charge in [-0.05, 0) is 73.0 Å². The Kier molecular flexibility index (Phi) is 8.39. The number of carbonyl (C=O) groups is 2. The lowest BCUT2D eigenvalue weighted by atomic mass is 10.1. The number of amides is 2. The molecule has 1 aliphatic rings. The highest BCUT2D eigenvalue weighted by Crippen LogP contribution is 2.31. The lowest BCUT2D eigenvalue weighted by Crippen LogP contribution is -2.48. The first-order chi connectivity index (χ1) is 17.3. The highest BCUT2D eigenvalue weighted by atomic mass is 35.5. The average Bonchev–Trinajstić information content (AvgIpc) is 2.88. The molecule has 0 bridgehead atoms. The third kappa shape index (κ3) is 6.31. The van der Waals surface area contributed by atoms with Crippen molar-refractivity contribution >= 4 is 46.4 Å². The van der Waals surface area contributed by atoms with Crippen molar-refractivity contribution in [3.63, 3.8) is 0 Å². The Balaban J connectivity index is 1.27. The zero-order valence-corrected chi connectivity index (χ0v) is 21.9. The maximum absolute atomic E-state index is 12.8. The van der Waals surface area contributed by atoms with Crippen molar-refractivity contribution in [3.05, 3.63) is 87.4 Å². The first kappa shape index (κ1) is 25.9. The summed E-state index contributed by atoms with van der Waals surface area (Å²) in [4.78, 5) is 29.3. The molecule has 6 nitrogen and oxygen atoms in total. The largest absolute Gasteiger partial charge is 0.482 e. The Labute approximate surface area is 221 Å². The van der Waals surface area contributed by atoms with Crippen molar-refractivity contribution < 1.29 is 14.3 Å². The van der Waals surface area contributed by atoms with Crippen LogP contribution >= 0.6 is 23.2 Å². The average molecular weight is 526 g/mol. The minimum absolute atomic E-state index is 0.0765. The summed E-state index contributed by atoms with van der Waals surface area (Å²) in [5, 5.41) is 3.72. The van der Waals surface area contributed by atoms with Crippen LogP contribution in [0.1, 0.15) is 28.4 Å². The van der Waals surface area contributed by atoms with E-state index in [9.17, 15) is 9.59 Å². The van der Waals surface area contributed by atoms with E-state index in [0.29, 0.717) is 34.6 Å². The van der Waals surface area contributed by atoms with Crippen molar-refractivity contribution in [3.8, 4) is 5.75 Å². The van der Waals surface area contributed by atoms with Gasteiger partial charge in [-0.3, -0.25) is 9.59 Å². The van der Waals surface area contributed by atoms with Crippen molar-refractivity contribution in [2.75, 3.05) is 43.0 Å². The predicted octanol–water partition coefficient (Wildman–Crippen LogP) is 5.84. The Morgan fingerprint density at radius 2 is 1.61 bits per heavy atom. The molecule has 3 aromatic rings. The van der Waals surface area contributed by atoms with E-state index in [4.69, 9.17) is 27.9 Å². The number of hydrogen-bond donors (Lipinski definition) is 1. The van der Waals surface area contributed by atoms with E-state index in [1.807, 2.05) is 60.4 Å². The maximum atomic E-state index is 12.8. The summed E-state index contributed by atoms with van der Waals surface area (Å²) >= 11 is 12.1. The summed E-state index contributed by atoms with van der Waals surface area (Å²) < 4.78 is 5.61. The van der Waals surface area contributed by atoms with Crippen LogP contribution in [0.2, 0.25) is 10.0 Å². The van der Waals surface area contributed by atoms with E-state index in [1.54, 1.807) is 12.1 Å². The third-order valence-corrected chi connectivity index (χ3v) is 6.73. The molecule has 0 spiro atoms. The predicted molar refractivity (Wildman–Crippen MR) is 146 cm³/mol. The molecule has 0 saturated carbocycles. The molecule has 0 atom stereocenters. The van der Waals surface area contributed by atoms with Gasteiger partial charge in [0.15, 0.2) is 6.61 Å². The molecule has 8 heteroatoms.